The molecule has 0 saturated carbocycles. The first-order chi connectivity index (χ1) is 7.33. The van der Waals surface area contributed by atoms with Gasteiger partial charge in [0.25, 0.3) is 0 Å². The Balaban J connectivity index is 1.89. The average molecular weight is 216 g/mol. The van der Waals surface area contributed by atoms with E-state index in [0.29, 0.717) is 5.92 Å². The van der Waals surface area contributed by atoms with Gasteiger partial charge in [-0.15, -0.1) is 0 Å². The van der Waals surface area contributed by atoms with Crippen LogP contribution >= 0.6 is 0 Å². The van der Waals surface area contributed by atoms with Crippen LogP contribution in [0.5, 0.6) is 0 Å². The molecule has 0 radical (unpaired) electrons. The monoisotopic (exact) mass is 216 g/mol. The number of nitrogens with one attached hydrogen (secondary N) is 1. The number of hydrogen-bond donors (Lipinski definition) is 2. The zero-order chi connectivity index (χ0) is 10.9. The summed E-state index contributed by atoms with van der Waals surface area (Å²) in [6.07, 6.45) is 3.26. The molecule has 1 fully saturated rings. The maximum atomic E-state index is 5.95. The van der Waals surface area contributed by atoms with Gasteiger partial charge < -0.3 is 20.5 Å². The first-order valence-corrected chi connectivity index (χ1v) is 5.86. The summed E-state index contributed by atoms with van der Waals surface area (Å²) in [5.41, 5.74) is 5.95. The summed E-state index contributed by atoms with van der Waals surface area (Å²) >= 11 is 0. The Morgan fingerprint density at radius 2 is 2.47 bits per heavy atom. The van der Waals surface area contributed by atoms with E-state index in [1.54, 1.807) is 7.11 Å². The van der Waals surface area contributed by atoms with Gasteiger partial charge in [0, 0.05) is 39.5 Å². The maximum absolute atomic E-state index is 5.95. The first kappa shape index (κ1) is 12.9. The van der Waals surface area contributed by atoms with Crippen LogP contribution in [0.15, 0.2) is 0 Å². The van der Waals surface area contributed by atoms with Crippen molar-refractivity contribution in [3.8, 4) is 0 Å². The van der Waals surface area contributed by atoms with E-state index in [2.05, 4.69) is 5.32 Å². The van der Waals surface area contributed by atoms with Gasteiger partial charge in [-0.3, -0.25) is 0 Å². The largest absolute Gasteiger partial charge is 0.385 e. The molecule has 0 aromatic heterocycles. The van der Waals surface area contributed by atoms with Crippen molar-refractivity contribution in [3.05, 3.63) is 0 Å². The molecule has 1 rings (SSSR count). The Labute approximate surface area is 92.5 Å². The van der Waals surface area contributed by atoms with Gasteiger partial charge in [0.05, 0.1) is 6.61 Å². The van der Waals surface area contributed by atoms with E-state index in [9.17, 15) is 0 Å². The van der Waals surface area contributed by atoms with E-state index in [-0.39, 0.29) is 6.04 Å². The Bertz CT molecular complexity index is 150. The third kappa shape index (κ3) is 6.10. The topological polar surface area (TPSA) is 56.5 Å². The maximum Gasteiger partial charge on any atom is 0.0507 e. The normalized spacial score (nSPS) is 23.2. The van der Waals surface area contributed by atoms with Crippen LogP contribution in [0.1, 0.15) is 19.3 Å². The van der Waals surface area contributed by atoms with Crippen LogP contribution < -0.4 is 11.1 Å². The quantitative estimate of drug-likeness (QED) is 0.575. The highest BCUT2D eigenvalue weighted by Gasteiger charge is 2.14. The molecule has 3 N–H and O–H groups in total. The number of methoxy groups -OCH3 is 1. The van der Waals surface area contributed by atoms with Crippen molar-refractivity contribution in [2.75, 3.05) is 40.0 Å². The Kier molecular flexibility index (Phi) is 6.92. The van der Waals surface area contributed by atoms with Crippen LogP contribution in [0.3, 0.4) is 0 Å². The van der Waals surface area contributed by atoms with Gasteiger partial charge in [-0.25, -0.2) is 0 Å². The molecule has 4 nitrogen and oxygen atoms in total. The molecule has 0 aliphatic carbocycles. The van der Waals surface area contributed by atoms with Crippen molar-refractivity contribution < 1.29 is 9.47 Å². The highest BCUT2D eigenvalue weighted by molar-refractivity contribution is 4.70. The lowest BCUT2D eigenvalue weighted by Gasteiger charge is -2.14. The molecule has 4 heteroatoms. The highest BCUT2D eigenvalue weighted by Crippen LogP contribution is 2.10. The van der Waals surface area contributed by atoms with Gasteiger partial charge >= 0.3 is 0 Å². The molecule has 0 aromatic rings. The summed E-state index contributed by atoms with van der Waals surface area (Å²) < 4.78 is 10.3. The third-order valence-electron chi connectivity index (χ3n) is 2.79. The van der Waals surface area contributed by atoms with E-state index in [4.69, 9.17) is 15.2 Å². The van der Waals surface area contributed by atoms with Crippen molar-refractivity contribution in [1.29, 1.82) is 0 Å². The van der Waals surface area contributed by atoms with Crippen molar-refractivity contribution >= 4 is 0 Å². The number of nitrogens with two attached hydrogens (primary N) is 1. The van der Waals surface area contributed by atoms with Crippen molar-refractivity contribution in [2.45, 2.75) is 25.3 Å². The van der Waals surface area contributed by atoms with E-state index >= 15 is 0 Å². The summed E-state index contributed by atoms with van der Waals surface area (Å²) in [7, 11) is 1.73. The summed E-state index contributed by atoms with van der Waals surface area (Å²) in [5.74, 6) is 0.691. The minimum absolute atomic E-state index is 0.252. The lowest BCUT2D eigenvalue weighted by molar-refractivity contribution is 0.184. The molecule has 1 saturated heterocycles. The summed E-state index contributed by atoms with van der Waals surface area (Å²) in [6, 6.07) is 0.252. The minimum atomic E-state index is 0.252. The molecule has 1 aliphatic rings. The summed E-state index contributed by atoms with van der Waals surface area (Å²) in [6.45, 7) is 4.58. The second-order valence-electron chi connectivity index (χ2n) is 4.28. The predicted octanol–water partition coefficient (Wildman–Crippen LogP) is 0.366. The van der Waals surface area contributed by atoms with Crippen LogP contribution in [-0.4, -0.2) is 46.1 Å². The smallest absolute Gasteiger partial charge is 0.0507 e. The van der Waals surface area contributed by atoms with Crippen molar-refractivity contribution in [3.63, 3.8) is 0 Å². The molecule has 1 aliphatic heterocycles. The van der Waals surface area contributed by atoms with E-state index in [0.717, 1.165) is 45.8 Å². The second kappa shape index (κ2) is 8.05. The molecule has 0 bridgehead atoms. The molecular formula is C11H24N2O2. The van der Waals surface area contributed by atoms with E-state index in [1.165, 1.54) is 6.42 Å². The molecule has 2 atom stereocenters. The number of rotatable bonds is 8. The Morgan fingerprint density at radius 1 is 1.60 bits per heavy atom. The van der Waals surface area contributed by atoms with Crippen LogP contribution in [-0.2, 0) is 9.47 Å². The van der Waals surface area contributed by atoms with Crippen LogP contribution in [0.25, 0.3) is 0 Å². The zero-order valence-electron chi connectivity index (χ0n) is 9.71. The Morgan fingerprint density at radius 3 is 3.13 bits per heavy atom. The van der Waals surface area contributed by atoms with E-state index < -0.39 is 0 Å². The van der Waals surface area contributed by atoms with Crippen molar-refractivity contribution in [1.82, 2.24) is 5.32 Å². The highest BCUT2D eigenvalue weighted by atomic mass is 16.5. The van der Waals surface area contributed by atoms with Gasteiger partial charge in [0.1, 0.15) is 0 Å². The predicted molar refractivity (Wildman–Crippen MR) is 60.9 cm³/mol. The standard InChI is InChI=1S/C11H24N2O2/c1-14-5-2-3-11(12)8-13-7-10-4-6-15-9-10/h10-11,13H,2-9,12H2,1H3. The van der Waals surface area contributed by atoms with E-state index in [1.807, 2.05) is 0 Å². The van der Waals surface area contributed by atoms with Crippen molar-refractivity contribution in [2.24, 2.45) is 11.7 Å². The molecule has 1 heterocycles. The Hall–Kier alpha value is -0.160. The fourth-order valence-corrected chi connectivity index (χ4v) is 1.81. The van der Waals surface area contributed by atoms with Gasteiger partial charge in [-0.1, -0.05) is 0 Å². The first-order valence-electron chi connectivity index (χ1n) is 5.86. The minimum Gasteiger partial charge on any atom is -0.385 e. The fourth-order valence-electron chi connectivity index (χ4n) is 1.81. The number of ether oxygens (including phenoxy) is 2. The molecule has 0 amide bonds. The van der Waals surface area contributed by atoms with Crippen LogP contribution in [0, 0.1) is 5.92 Å². The third-order valence-corrected chi connectivity index (χ3v) is 2.79. The zero-order valence-corrected chi connectivity index (χ0v) is 9.71. The van der Waals surface area contributed by atoms with Gasteiger partial charge in [-0.05, 0) is 25.2 Å². The van der Waals surface area contributed by atoms with Crippen LogP contribution in [0.4, 0.5) is 0 Å². The summed E-state index contributed by atoms with van der Waals surface area (Å²) in [5, 5.41) is 3.41. The molecule has 15 heavy (non-hydrogen) atoms. The second-order valence-corrected chi connectivity index (χ2v) is 4.28. The lowest BCUT2D eigenvalue weighted by atomic mass is 10.1. The van der Waals surface area contributed by atoms with Gasteiger partial charge in [-0.2, -0.15) is 0 Å². The van der Waals surface area contributed by atoms with Crippen LogP contribution in [0.2, 0.25) is 0 Å². The molecule has 0 spiro atoms. The molecule has 0 aromatic carbocycles. The SMILES string of the molecule is COCCCC(N)CNCC1CCOC1. The molecular weight excluding hydrogens is 192 g/mol. The average Bonchev–Trinajstić information content (AvgIpc) is 2.71. The summed E-state index contributed by atoms with van der Waals surface area (Å²) in [4.78, 5) is 0. The lowest BCUT2D eigenvalue weighted by Crippen LogP contribution is -2.36. The molecule has 2 unspecified atom stereocenters. The van der Waals surface area contributed by atoms with Gasteiger partial charge in [0.15, 0.2) is 0 Å². The van der Waals surface area contributed by atoms with Gasteiger partial charge in [0.2, 0.25) is 0 Å². The fraction of sp³-hybridized carbons (Fsp3) is 1.00. The molecule has 90 valence electrons. The number of hydrogen-bond acceptors (Lipinski definition) is 4.